The third-order valence-electron chi connectivity index (χ3n) is 3.63. The molecule has 0 radical (unpaired) electrons. The molecule has 2 rings (SSSR count). The minimum Gasteiger partial charge on any atom is -0.393 e. The van der Waals surface area contributed by atoms with Crippen molar-refractivity contribution in [3.63, 3.8) is 0 Å². The molecule has 74 valence electrons. The summed E-state index contributed by atoms with van der Waals surface area (Å²) in [7, 11) is 0. The van der Waals surface area contributed by atoms with E-state index in [0.717, 1.165) is 18.3 Å². The van der Waals surface area contributed by atoms with E-state index in [0.29, 0.717) is 5.92 Å². The average molecular weight is 180 g/mol. The summed E-state index contributed by atoms with van der Waals surface area (Å²) >= 11 is 0. The second kappa shape index (κ2) is 3.83. The highest BCUT2D eigenvalue weighted by molar-refractivity contribution is 4.96. The Bertz CT molecular complexity index is 189. The molecule has 0 aliphatic heterocycles. The molecule has 2 aliphatic rings. The van der Waals surface area contributed by atoms with Crippen LogP contribution in [0.25, 0.3) is 0 Å². The van der Waals surface area contributed by atoms with Crippen molar-refractivity contribution in [1.82, 2.24) is 0 Å². The summed E-state index contributed by atoms with van der Waals surface area (Å²) in [5.74, 6) is 2.18. The zero-order valence-corrected chi connectivity index (χ0v) is 8.45. The molecule has 0 aromatic heterocycles. The molecule has 1 heteroatoms. The Labute approximate surface area is 80.8 Å². The maximum absolute atomic E-state index is 9.80. The highest BCUT2D eigenvalue weighted by Crippen LogP contribution is 2.37. The number of hydrogen-bond acceptors (Lipinski definition) is 1. The lowest BCUT2D eigenvalue weighted by Crippen LogP contribution is -2.16. The Hall–Kier alpha value is -0.300. The van der Waals surface area contributed by atoms with E-state index < -0.39 is 0 Å². The highest BCUT2D eigenvalue weighted by Gasteiger charge is 2.31. The predicted molar refractivity (Wildman–Crippen MR) is 54.4 cm³/mol. The van der Waals surface area contributed by atoms with Crippen molar-refractivity contribution in [1.29, 1.82) is 0 Å². The Morgan fingerprint density at radius 1 is 1.23 bits per heavy atom. The van der Waals surface area contributed by atoms with E-state index in [-0.39, 0.29) is 6.10 Å². The van der Waals surface area contributed by atoms with Gasteiger partial charge in [-0.2, -0.15) is 0 Å². The van der Waals surface area contributed by atoms with Gasteiger partial charge in [0.2, 0.25) is 0 Å². The van der Waals surface area contributed by atoms with E-state index in [9.17, 15) is 5.11 Å². The van der Waals surface area contributed by atoms with Crippen molar-refractivity contribution in [3.8, 4) is 0 Å². The Morgan fingerprint density at radius 3 is 2.46 bits per heavy atom. The minimum atomic E-state index is -0.00407. The first kappa shape index (κ1) is 9.26. The summed E-state index contributed by atoms with van der Waals surface area (Å²) in [5.41, 5.74) is 0. The van der Waals surface area contributed by atoms with Crippen LogP contribution in [0.2, 0.25) is 0 Å². The van der Waals surface area contributed by atoms with Gasteiger partial charge < -0.3 is 5.11 Å². The summed E-state index contributed by atoms with van der Waals surface area (Å²) in [6.45, 7) is 2.26. The third-order valence-corrected chi connectivity index (χ3v) is 3.63. The fourth-order valence-corrected chi connectivity index (χ4v) is 2.92. The minimum absolute atomic E-state index is 0.00407. The van der Waals surface area contributed by atoms with Crippen LogP contribution in [0.4, 0.5) is 0 Å². The van der Waals surface area contributed by atoms with E-state index in [1.54, 1.807) is 0 Å². The topological polar surface area (TPSA) is 20.2 Å². The average Bonchev–Trinajstić information content (AvgIpc) is 2.63. The lowest BCUT2D eigenvalue weighted by atomic mass is 9.90. The number of aliphatic hydroxyl groups excluding tert-OH is 1. The second-order valence-electron chi connectivity index (χ2n) is 4.95. The molecule has 0 aromatic rings. The van der Waals surface area contributed by atoms with Crippen molar-refractivity contribution in [3.05, 3.63) is 12.2 Å². The van der Waals surface area contributed by atoms with Crippen LogP contribution in [0.3, 0.4) is 0 Å². The van der Waals surface area contributed by atoms with Crippen LogP contribution >= 0.6 is 0 Å². The molecule has 0 bridgehead atoms. The lowest BCUT2D eigenvalue weighted by Gasteiger charge is -2.18. The van der Waals surface area contributed by atoms with Crippen LogP contribution in [0.5, 0.6) is 0 Å². The zero-order chi connectivity index (χ0) is 9.26. The Kier molecular flexibility index (Phi) is 2.73. The normalized spacial score (nSPS) is 40.3. The molecule has 1 fully saturated rings. The van der Waals surface area contributed by atoms with Crippen molar-refractivity contribution >= 4 is 0 Å². The van der Waals surface area contributed by atoms with Crippen LogP contribution in [0, 0.1) is 17.8 Å². The van der Waals surface area contributed by atoms with Gasteiger partial charge in [0.05, 0.1) is 6.10 Å². The van der Waals surface area contributed by atoms with Gasteiger partial charge in [-0.05, 0) is 49.9 Å². The maximum atomic E-state index is 9.80. The summed E-state index contributed by atoms with van der Waals surface area (Å²) in [6, 6.07) is 0. The number of rotatable bonds is 2. The molecule has 1 nitrogen and oxygen atoms in total. The molecular formula is C12H20O. The fourth-order valence-electron chi connectivity index (χ4n) is 2.92. The molecule has 3 atom stereocenters. The summed E-state index contributed by atoms with van der Waals surface area (Å²) in [5, 5.41) is 9.80. The summed E-state index contributed by atoms with van der Waals surface area (Å²) < 4.78 is 0. The van der Waals surface area contributed by atoms with Gasteiger partial charge in [-0.15, -0.1) is 0 Å². The van der Waals surface area contributed by atoms with Gasteiger partial charge in [-0.1, -0.05) is 19.1 Å². The van der Waals surface area contributed by atoms with Crippen LogP contribution in [0.1, 0.15) is 39.0 Å². The largest absolute Gasteiger partial charge is 0.393 e. The fraction of sp³-hybridized carbons (Fsp3) is 0.833. The van der Waals surface area contributed by atoms with Crippen LogP contribution in [-0.2, 0) is 0 Å². The molecule has 3 unspecified atom stereocenters. The molecule has 0 spiro atoms. The van der Waals surface area contributed by atoms with Crippen molar-refractivity contribution in [2.45, 2.75) is 45.1 Å². The molecular weight excluding hydrogens is 160 g/mol. The lowest BCUT2D eigenvalue weighted by molar-refractivity contribution is 0.117. The molecule has 0 heterocycles. The van der Waals surface area contributed by atoms with E-state index in [1.807, 2.05) is 0 Å². The molecule has 0 saturated heterocycles. The van der Waals surface area contributed by atoms with Crippen molar-refractivity contribution < 1.29 is 5.11 Å². The zero-order valence-electron chi connectivity index (χ0n) is 8.45. The monoisotopic (exact) mass is 180 g/mol. The van der Waals surface area contributed by atoms with E-state index in [1.165, 1.54) is 25.7 Å². The first-order valence-corrected chi connectivity index (χ1v) is 5.58. The number of hydrogen-bond donors (Lipinski definition) is 1. The standard InChI is InChI=1S/C12H20O/c1-9-6-11(12(13)7-9)8-10-4-2-3-5-10/h2-3,9-13H,4-8H2,1H3. The maximum Gasteiger partial charge on any atom is 0.0571 e. The molecule has 1 N–H and O–H groups in total. The van der Waals surface area contributed by atoms with E-state index in [2.05, 4.69) is 19.1 Å². The molecule has 0 amide bonds. The second-order valence-corrected chi connectivity index (χ2v) is 4.95. The molecule has 2 aliphatic carbocycles. The molecule has 1 saturated carbocycles. The predicted octanol–water partition coefficient (Wildman–Crippen LogP) is 2.75. The number of allylic oxidation sites excluding steroid dienone is 2. The van der Waals surface area contributed by atoms with E-state index in [4.69, 9.17) is 0 Å². The van der Waals surface area contributed by atoms with Crippen molar-refractivity contribution in [2.24, 2.45) is 17.8 Å². The quantitative estimate of drug-likeness (QED) is 0.648. The van der Waals surface area contributed by atoms with Gasteiger partial charge in [0.15, 0.2) is 0 Å². The number of aliphatic hydroxyl groups is 1. The van der Waals surface area contributed by atoms with Crippen molar-refractivity contribution in [2.75, 3.05) is 0 Å². The van der Waals surface area contributed by atoms with Gasteiger partial charge in [0, 0.05) is 0 Å². The third kappa shape index (κ3) is 2.14. The van der Waals surface area contributed by atoms with E-state index >= 15 is 0 Å². The van der Waals surface area contributed by atoms with Gasteiger partial charge >= 0.3 is 0 Å². The molecule has 13 heavy (non-hydrogen) atoms. The summed E-state index contributed by atoms with van der Waals surface area (Å²) in [6.07, 6.45) is 10.6. The van der Waals surface area contributed by atoms with Gasteiger partial charge in [0.1, 0.15) is 0 Å². The van der Waals surface area contributed by atoms with Gasteiger partial charge in [-0.3, -0.25) is 0 Å². The highest BCUT2D eigenvalue weighted by atomic mass is 16.3. The van der Waals surface area contributed by atoms with Gasteiger partial charge in [-0.25, -0.2) is 0 Å². The SMILES string of the molecule is CC1CC(O)C(CC2CC=CC2)C1. The smallest absolute Gasteiger partial charge is 0.0571 e. The first-order valence-electron chi connectivity index (χ1n) is 5.58. The Balaban J connectivity index is 1.81. The first-order chi connectivity index (χ1) is 6.25. The van der Waals surface area contributed by atoms with Crippen LogP contribution < -0.4 is 0 Å². The van der Waals surface area contributed by atoms with Crippen LogP contribution in [-0.4, -0.2) is 11.2 Å². The Morgan fingerprint density at radius 2 is 1.92 bits per heavy atom. The molecule has 0 aromatic carbocycles. The summed E-state index contributed by atoms with van der Waals surface area (Å²) in [4.78, 5) is 0. The van der Waals surface area contributed by atoms with Gasteiger partial charge in [0.25, 0.3) is 0 Å². The van der Waals surface area contributed by atoms with Crippen LogP contribution in [0.15, 0.2) is 12.2 Å².